The lowest BCUT2D eigenvalue weighted by Gasteiger charge is -2.03. The van der Waals surface area contributed by atoms with Gasteiger partial charge in [0.05, 0.1) is 20.4 Å². The number of amides is 1. The Hall–Kier alpha value is -1.66. The topological polar surface area (TPSA) is 57.8 Å². The zero-order valence-electron chi connectivity index (χ0n) is 10.0. The molecule has 1 aromatic carbocycles. The zero-order chi connectivity index (χ0) is 13.4. The summed E-state index contributed by atoms with van der Waals surface area (Å²) in [5.74, 6) is -0.0957. The van der Waals surface area contributed by atoms with Crippen LogP contribution in [0, 0.1) is 6.92 Å². The molecular formula is C13H10BrN3OS. The average molecular weight is 336 g/mol. The second kappa shape index (κ2) is 4.79. The number of halogens is 1. The number of nitrogens with zero attached hydrogens (tertiary/aromatic N) is 1. The number of thiophene rings is 1. The van der Waals surface area contributed by atoms with Crippen LogP contribution >= 0.6 is 27.3 Å². The van der Waals surface area contributed by atoms with E-state index in [1.54, 1.807) is 6.20 Å². The van der Waals surface area contributed by atoms with Crippen molar-refractivity contribution in [3.05, 3.63) is 44.7 Å². The van der Waals surface area contributed by atoms with Gasteiger partial charge in [-0.2, -0.15) is 5.10 Å². The fourth-order valence-electron chi connectivity index (χ4n) is 1.78. The molecule has 2 aromatic heterocycles. The number of hydrogen-bond acceptors (Lipinski definition) is 3. The maximum absolute atomic E-state index is 12.1. The van der Waals surface area contributed by atoms with E-state index in [9.17, 15) is 4.79 Å². The first-order chi connectivity index (χ1) is 9.13. The number of hydrogen-bond donors (Lipinski definition) is 2. The fraction of sp³-hybridized carbons (Fsp3) is 0.0769. The first kappa shape index (κ1) is 12.4. The van der Waals surface area contributed by atoms with Crippen LogP contribution in [0.25, 0.3) is 10.9 Å². The van der Waals surface area contributed by atoms with E-state index in [-0.39, 0.29) is 5.91 Å². The molecule has 0 aliphatic heterocycles. The van der Waals surface area contributed by atoms with Gasteiger partial charge in [-0.25, -0.2) is 0 Å². The summed E-state index contributed by atoms with van der Waals surface area (Å²) in [5, 5.41) is 10.7. The highest BCUT2D eigenvalue weighted by atomic mass is 79.9. The molecule has 1 amide bonds. The minimum Gasteiger partial charge on any atom is -0.321 e. The van der Waals surface area contributed by atoms with Gasteiger partial charge in [0.25, 0.3) is 5.91 Å². The Morgan fingerprint density at radius 2 is 2.26 bits per heavy atom. The Balaban J connectivity index is 1.85. The van der Waals surface area contributed by atoms with Crippen LogP contribution in [0.3, 0.4) is 0 Å². The molecule has 0 saturated carbocycles. The van der Waals surface area contributed by atoms with Crippen LogP contribution in [0.4, 0.5) is 5.69 Å². The van der Waals surface area contributed by atoms with Gasteiger partial charge in [-0.1, -0.05) is 0 Å². The summed E-state index contributed by atoms with van der Waals surface area (Å²) in [6, 6.07) is 7.52. The van der Waals surface area contributed by atoms with E-state index >= 15 is 0 Å². The number of fused-ring (bicyclic) bond motifs is 1. The van der Waals surface area contributed by atoms with Crippen molar-refractivity contribution >= 4 is 49.8 Å². The third-order valence-corrected chi connectivity index (χ3v) is 4.91. The minimum absolute atomic E-state index is 0.0957. The summed E-state index contributed by atoms with van der Waals surface area (Å²) < 4.78 is 0.989. The van der Waals surface area contributed by atoms with E-state index in [1.807, 2.05) is 31.2 Å². The molecule has 0 fully saturated rings. The summed E-state index contributed by atoms with van der Waals surface area (Å²) in [4.78, 5) is 12.8. The number of carbonyl (C=O) groups excluding carboxylic acids is 1. The summed E-state index contributed by atoms with van der Waals surface area (Å²) in [7, 11) is 0. The van der Waals surface area contributed by atoms with Crippen molar-refractivity contribution in [2.45, 2.75) is 6.92 Å². The molecule has 3 aromatic rings. The summed E-state index contributed by atoms with van der Waals surface area (Å²) >= 11 is 4.86. The highest BCUT2D eigenvalue weighted by Crippen LogP contribution is 2.28. The third-order valence-electron chi connectivity index (χ3n) is 2.78. The molecule has 19 heavy (non-hydrogen) atoms. The Kier molecular flexibility index (Phi) is 3.12. The molecule has 4 nitrogen and oxygen atoms in total. The molecule has 6 heteroatoms. The Bertz CT molecular complexity index is 743. The molecular weight excluding hydrogens is 326 g/mol. The highest BCUT2D eigenvalue weighted by molar-refractivity contribution is 9.11. The largest absolute Gasteiger partial charge is 0.321 e. The van der Waals surface area contributed by atoms with Gasteiger partial charge in [0.1, 0.15) is 0 Å². The first-order valence-corrected chi connectivity index (χ1v) is 7.25. The van der Waals surface area contributed by atoms with Crippen LogP contribution in [0.2, 0.25) is 0 Å². The number of benzene rings is 1. The number of rotatable bonds is 2. The predicted octanol–water partition coefficient (Wildman–Crippen LogP) is 3.95. The van der Waals surface area contributed by atoms with E-state index in [4.69, 9.17) is 0 Å². The van der Waals surface area contributed by atoms with Crippen LogP contribution < -0.4 is 5.32 Å². The lowest BCUT2D eigenvalue weighted by atomic mass is 10.2. The van der Waals surface area contributed by atoms with E-state index in [1.165, 1.54) is 11.3 Å². The van der Waals surface area contributed by atoms with Gasteiger partial charge in [0.2, 0.25) is 0 Å². The number of carbonyl (C=O) groups is 1. The van der Waals surface area contributed by atoms with E-state index < -0.39 is 0 Å². The van der Waals surface area contributed by atoms with Gasteiger partial charge >= 0.3 is 0 Å². The molecule has 3 rings (SSSR count). The van der Waals surface area contributed by atoms with Crippen molar-refractivity contribution < 1.29 is 4.79 Å². The third kappa shape index (κ3) is 2.41. The number of nitrogens with one attached hydrogen (secondary N) is 2. The number of aryl methyl sites for hydroxylation is 1. The second-order valence-electron chi connectivity index (χ2n) is 4.19. The van der Waals surface area contributed by atoms with Crippen LogP contribution in [0.15, 0.2) is 34.2 Å². The van der Waals surface area contributed by atoms with Crippen molar-refractivity contribution in [3.63, 3.8) is 0 Å². The molecule has 0 aliphatic rings. The number of H-pyrrole nitrogens is 1. The minimum atomic E-state index is -0.0957. The van der Waals surface area contributed by atoms with Crippen LogP contribution in [-0.4, -0.2) is 16.1 Å². The molecule has 0 aliphatic carbocycles. The molecule has 0 unspecified atom stereocenters. The van der Waals surface area contributed by atoms with Crippen molar-refractivity contribution in [2.24, 2.45) is 0 Å². The summed E-state index contributed by atoms with van der Waals surface area (Å²) in [5.41, 5.74) is 2.79. The second-order valence-corrected chi connectivity index (χ2v) is 6.56. The average Bonchev–Trinajstić information content (AvgIpc) is 2.96. The van der Waals surface area contributed by atoms with E-state index in [0.29, 0.717) is 4.88 Å². The van der Waals surface area contributed by atoms with Crippen molar-refractivity contribution in [1.29, 1.82) is 0 Å². The predicted molar refractivity (Wildman–Crippen MR) is 80.8 cm³/mol. The van der Waals surface area contributed by atoms with Gasteiger partial charge in [-0.15, -0.1) is 11.3 Å². The summed E-state index contributed by atoms with van der Waals surface area (Å²) in [6.45, 7) is 1.97. The molecule has 96 valence electrons. The molecule has 0 radical (unpaired) electrons. The lowest BCUT2D eigenvalue weighted by molar-refractivity contribution is 0.103. The monoisotopic (exact) mass is 335 g/mol. The number of anilines is 1. The molecule has 0 atom stereocenters. The zero-order valence-corrected chi connectivity index (χ0v) is 12.4. The fourth-order valence-corrected chi connectivity index (χ4v) is 3.21. The molecule has 0 bridgehead atoms. The molecule has 2 heterocycles. The summed E-state index contributed by atoms with van der Waals surface area (Å²) in [6.07, 6.45) is 1.73. The van der Waals surface area contributed by atoms with E-state index in [2.05, 4.69) is 31.4 Å². The lowest BCUT2D eigenvalue weighted by Crippen LogP contribution is -2.09. The Morgan fingerprint density at radius 3 is 3.00 bits per heavy atom. The van der Waals surface area contributed by atoms with Gasteiger partial charge in [-0.05, 0) is 52.7 Å². The smallest absolute Gasteiger partial charge is 0.265 e. The van der Waals surface area contributed by atoms with Crippen molar-refractivity contribution in [2.75, 3.05) is 5.32 Å². The quantitative estimate of drug-likeness (QED) is 0.744. The first-order valence-electron chi connectivity index (χ1n) is 5.64. The maximum atomic E-state index is 12.1. The standard InChI is InChI=1S/C13H10BrN3OS/c1-7-4-11(19-12(7)14)13(18)16-9-2-3-10-8(5-9)6-15-17-10/h2-6H,1H3,(H,15,17)(H,16,18). The number of aromatic nitrogens is 2. The molecule has 2 N–H and O–H groups in total. The normalized spacial score (nSPS) is 10.8. The molecule has 0 saturated heterocycles. The maximum Gasteiger partial charge on any atom is 0.265 e. The van der Waals surface area contributed by atoms with Crippen LogP contribution in [0.5, 0.6) is 0 Å². The number of aromatic amines is 1. The van der Waals surface area contributed by atoms with Crippen molar-refractivity contribution in [3.8, 4) is 0 Å². The van der Waals surface area contributed by atoms with Gasteiger partial charge in [0, 0.05) is 11.1 Å². The van der Waals surface area contributed by atoms with Gasteiger partial charge in [0.15, 0.2) is 0 Å². The van der Waals surface area contributed by atoms with Gasteiger partial charge < -0.3 is 5.32 Å². The van der Waals surface area contributed by atoms with Crippen LogP contribution in [-0.2, 0) is 0 Å². The van der Waals surface area contributed by atoms with Crippen LogP contribution in [0.1, 0.15) is 15.2 Å². The van der Waals surface area contributed by atoms with E-state index in [0.717, 1.165) is 25.9 Å². The molecule has 0 spiro atoms. The SMILES string of the molecule is Cc1cc(C(=O)Nc2ccc3[nH]ncc3c2)sc1Br. The Labute approximate surface area is 122 Å². The van der Waals surface area contributed by atoms with Crippen molar-refractivity contribution in [1.82, 2.24) is 10.2 Å². The van der Waals surface area contributed by atoms with Gasteiger partial charge in [-0.3, -0.25) is 9.89 Å². The Morgan fingerprint density at radius 1 is 1.42 bits per heavy atom. The highest BCUT2D eigenvalue weighted by Gasteiger charge is 2.11.